The van der Waals surface area contributed by atoms with E-state index in [1.807, 2.05) is 24.3 Å². The van der Waals surface area contributed by atoms with Crippen molar-refractivity contribution in [3.05, 3.63) is 59.9 Å². The lowest BCUT2D eigenvalue weighted by molar-refractivity contribution is 0.0699. The normalized spacial score (nSPS) is 18.2. The third-order valence-corrected chi connectivity index (χ3v) is 4.58. The lowest BCUT2D eigenvalue weighted by Crippen LogP contribution is -2.00. The smallest absolute Gasteiger partial charge is 0.336 e. The molecule has 0 spiro atoms. The van der Waals surface area contributed by atoms with Crippen molar-refractivity contribution in [3.8, 4) is 23.1 Å². The van der Waals surface area contributed by atoms with Gasteiger partial charge in [-0.15, -0.1) is 0 Å². The summed E-state index contributed by atoms with van der Waals surface area (Å²) in [6.45, 7) is 0.202. The van der Waals surface area contributed by atoms with E-state index in [-0.39, 0.29) is 12.2 Å². The number of carboxylic acids is 1. The number of aromatic nitrogens is 2. The van der Waals surface area contributed by atoms with Crippen LogP contribution in [-0.4, -0.2) is 32.8 Å². The summed E-state index contributed by atoms with van der Waals surface area (Å²) < 4.78 is 0. The molecule has 26 heavy (non-hydrogen) atoms. The fourth-order valence-electron chi connectivity index (χ4n) is 2.92. The number of benzene rings is 1. The number of hydrogen-bond acceptors (Lipinski definition) is 4. The van der Waals surface area contributed by atoms with Crippen LogP contribution < -0.4 is 0 Å². The van der Waals surface area contributed by atoms with Gasteiger partial charge in [-0.2, -0.15) is 0 Å². The summed E-state index contributed by atoms with van der Waals surface area (Å²) in [5.41, 5.74) is 3.11. The number of pyridine rings is 2. The average Bonchev–Trinajstić information content (AvgIpc) is 3.44. The second-order valence-corrected chi connectivity index (χ2v) is 6.38. The van der Waals surface area contributed by atoms with Gasteiger partial charge in [0.2, 0.25) is 0 Å². The SMILES string of the molecule is O=C(O)c1cc(-c2ccc(C#C[C@@H]3C[C@H]3CO)cc2)nc2ccncc12. The van der Waals surface area contributed by atoms with E-state index >= 15 is 0 Å². The van der Waals surface area contributed by atoms with Crippen molar-refractivity contribution < 1.29 is 15.0 Å². The highest BCUT2D eigenvalue weighted by Gasteiger charge is 2.34. The van der Waals surface area contributed by atoms with Gasteiger partial charge in [-0.25, -0.2) is 9.78 Å². The minimum atomic E-state index is -1.00. The monoisotopic (exact) mass is 344 g/mol. The van der Waals surface area contributed by atoms with Crippen LogP contribution in [0, 0.1) is 23.7 Å². The van der Waals surface area contributed by atoms with Gasteiger partial charge in [-0.1, -0.05) is 24.0 Å². The van der Waals surface area contributed by atoms with Gasteiger partial charge in [0.15, 0.2) is 0 Å². The van der Waals surface area contributed by atoms with Crippen LogP contribution in [0.2, 0.25) is 0 Å². The quantitative estimate of drug-likeness (QED) is 0.714. The van der Waals surface area contributed by atoms with Gasteiger partial charge in [0.1, 0.15) is 0 Å². The Balaban J connectivity index is 1.66. The Morgan fingerprint density at radius 1 is 1.23 bits per heavy atom. The van der Waals surface area contributed by atoms with Crippen molar-refractivity contribution in [1.29, 1.82) is 0 Å². The Kier molecular flexibility index (Phi) is 4.11. The number of aromatic carboxylic acids is 1. The molecule has 1 aliphatic carbocycles. The molecule has 2 aromatic heterocycles. The molecule has 1 saturated carbocycles. The lowest BCUT2D eigenvalue weighted by Gasteiger charge is -2.07. The second-order valence-electron chi connectivity index (χ2n) is 6.38. The van der Waals surface area contributed by atoms with Crippen LogP contribution in [0.5, 0.6) is 0 Å². The molecule has 0 aliphatic heterocycles. The number of rotatable bonds is 3. The highest BCUT2D eigenvalue weighted by Crippen LogP contribution is 2.37. The standard InChI is InChI=1S/C21H16N2O3/c24-12-16-9-15(16)6-3-13-1-4-14(5-2-13)20-10-17(21(25)26)18-11-22-8-7-19(18)23-20/h1-2,4-5,7-8,10-11,15-16,24H,9,12H2,(H,25,26)/t15-,16+/m1/s1. The summed E-state index contributed by atoms with van der Waals surface area (Å²) >= 11 is 0. The highest BCUT2D eigenvalue weighted by atomic mass is 16.4. The lowest BCUT2D eigenvalue weighted by atomic mass is 10.0. The molecule has 0 bridgehead atoms. The molecule has 5 nitrogen and oxygen atoms in total. The number of nitrogens with zero attached hydrogens (tertiary/aromatic N) is 2. The number of aliphatic hydroxyl groups excluding tert-OH is 1. The van der Waals surface area contributed by atoms with Crippen LogP contribution >= 0.6 is 0 Å². The molecule has 2 atom stereocenters. The van der Waals surface area contributed by atoms with Gasteiger partial charge < -0.3 is 10.2 Å². The summed E-state index contributed by atoms with van der Waals surface area (Å²) in [5.74, 6) is 5.92. The number of carbonyl (C=O) groups is 1. The van der Waals surface area contributed by atoms with Gasteiger partial charge >= 0.3 is 5.97 Å². The molecule has 0 unspecified atom stereocenters. The third kappa shape index (κ3) is 3.15. The summed E-state index contributed by atoms with van der Waals surface area (Å²) in [4.78, 5) is 20.1. The van der Waals surface area contributed by atoms with Crippen molar-refractivity contribution >= 4 is 16.9 Å². The molecule has 0 radical (unpaired) electrons. The van der Waals surface area contributed by atoms with Crippen LogP contribution in [0.15, 0.2) is 48.8 Å². The Hall–Kier alpha value is -3.23. The topological polar surface area (TPSA) is 83.3 Å². The highest BCUT2D eigenvalue weighted by molar-refractivity contribution is 6.03. The largest absolute Gasteiger partial charge is 0.478 e. The van der Waals surface area contributed by atoms with Crippen molar-refractivity contribution in [2.75, 3.05) is 6.61 Å². The van der Waals surface area contributed by atoms with E-state index in [0.29, 0.717) is 28.4 Å². The summed E-state index contributed by atoms with van der Waals surface area (Å²) in [6.07, 6.45) is 4.09. The zero-order valence-corrected chi connectivity index (χ0v) is 13.9. The predicted octanol–water partition coefficient (Wildman–Crippen LogP) is 2.97. The van der Waals surface area contributed by atoms with E-state index in [1.54, 1.807) is 18.3 Å². The summed E-state index contributed by atoms with van der Waals surface area (Å²) in [5, 5.41) is 19.1. The first-order valence-corrected chi connectivity index (χ1v) is 8.36. The minimum Gasteiger partial charge on any atom is -0.478 e. The molecule has 1 aromatic carbocycles. The molecule has 2 N–H and O–H groups in total. The number of fused-ring (bicyclic) bond motifs is 1. The van der Waals surface area contributed by atoms with E-state index in [1.165, 1.54) is 6.20 Å². The minimum absolute atomic E-state index is 0.186. The second kappa shape index (κ2) is 6.58. The van der Waals surface area contributed by atoms with Crippen molar-refractivity contribution in [3.63, 3.8) is 0 Å². The van der Waals surface area contributed by atoms with Crippen molar-refractivity contribution in [2.45, 2.75) is 6.42 Å². The van der Waals surface area contributed by atoms with Crippen LogP contribution in [-0.2, 0) is 0 Å². The van der Waals surface area contributed by atoms with Gasteiger partial charge in [-0.05, 0) is 36.6 Å². The first-order chi connectivity index (χ1) is 12.7. The van der Waals surface area contributed by atoms with E-state index in [9.17, 15) is 9.90 Å². The first kappa shape index (κ1) is 16.2. The molecule has 2 heterocycles. The summed E-state index contributed by atoms with van der Waals surface area (Å²) in [6, 6.07) is 10.9. The van der Waals surface area contributed by atoms with E-state index < -0.39 is 5.97 Å². The summed E-state index contributed by atoms with van der Waals surface area (Å²) in [7, 11) is 0. The van der Waals surface area contributed by atoms with E-state index in [2.05, 4.69) is 21.8 Å². The predicted molar refractivity (Wildman–Crippen MR) is 97.5 cm³/mol. The Labute approximate surface area is 150 Å². The molecule has 1 aliphatic rings. The zero-order valence-electron chi connectivity index (χ0n) is 13.9. The molecule has 3 aromatic rings. The maximum Gasteiger partial charge on any atom is 0.336 e. The van der Waals surface area contributed by atoms with Crippen LogP contribution in [0.25, 0.3) is 22.2 Å². The Morgan fingerprint density at radius 2 is 2.04 bits per heavy atom. The average molecular weight is 344 g/mol. The molecule has 5 heteroatoms. The van der Waals surface area contributed by atoms with Gasteiger partial charge in [0, 0.05) is 41.4 Å². The van der Waals surface area contributed by atoms with E-state index in [4.69, 9.17) is 5.11 Å². The van der Waals surface area contributed by atoms with Crippen LogP contribution in [0.1, 0.15) is 22.3 Å². The fourth-order valence-corrected chi connectivity index (χ4v) is 2.92. The van der Waals surface area contributed by atoms with Crippen LogP contribution in [0.4, 0.5) is 0 Å². The van der Waals surface area contributed by atoms with Gasteiger partial charge in [0.25, 0.3) is 0 Å². The van der Waals surface area contributed by atoms with Gasteiger partial charge in [-0.3, -0.25) is 4.98 Å². The van der Waals surface area contributed by atoms with Crippen molar-refractivity contribution in [1.82, 2.24) is 9.97 Å². The molecular weight excluding hydrogens is 328 g/mol. The number of aliphatic hydroxyl groups is 1. The van der Waals surface area contributed by atoms with Crippen LogP contribution in [0.3, 0.4) is 0 Å². The molecule has 128 valence electrons. The first-order valence-electron chi connectivity index (χ1n) is 8.36. The van der Waals surface area contributed by atoms with Gasteiger partial charge in [0.05, 0.1) is 16.8 Å². The third-order valence-electron chi connectivity index (χ3n) is 4.58. The maximum atomic E-state index is 11.6. The number of carboxylic acid groups (broad SMARTS) is 1. The molecule has 0 amide bonds. The maximum absolute atomic E-state index is 11.6. The molecule has 0 saturated heterocycles. The molecule has 4 rings (SSSR count). The molecular formula is C21H16N2O3. The number of hydrogen-bond donors (Lipinski definition) is 2. The van der Waals surface area contributed by atoms with E-state index in [0.717, 1.165) is 17.5 Å². The zero-order chi connectivity index (χ0) is 18.1. The Bertz CT molecular complexity index is 1050. The Morgan fingerprint density at radius 3 is 2.73 bits per heavy atom. The fraction of sp³-hybridized carbons (Fsp3) is 0.190. The van der Waals surface area contributed by atoms with Crippen molar-refractivity contribution in [2.24, 2.45) is 11.8 Å². The molecule has 1 fully saturated rings.